The maximum atomic E-state index is 13.1. The molecular weight excluding hydrogens is 1750 g/mol. The lowest BCUT2D eigenvalue weighted by Gasteiger charge is -2.39. The third-order valence-corrected chi connectivity index (χ3v) is 17.0. The summed E-state index contributed by atoms with van der Waals surface area (Å²) in [4.78, 5) is 0. The molecule has 0 amide bonds. The van der Waals surface area contributed by atoms with Gasteiger partial charge < -0.3 is 27.3 Å². The molecule has 0 aromatic heterocycles. The van der Waals surface area contributed by atoms with Crippen LogP contribution in [0.3, 0.4) is 0 Å². The standard InChI is InChI=1S/C7H8F6O3S.2C5H3F9O3S.C5H4F8O3S.2C4H4F6O3S.6CH3/c8-5(9)1-2-6(10,11)7(12,13)4(3-5)17(14,15)16;6-3(7,8)1-2(4(9,10)11,5(12,13)14)18(15,16)17;6-3(7,8)1(4(9,10)11)2(5(12,13)14)18(15,16)17;6-3(7,5(11,12)13)1-2(4(8,9)10)17(14,15)16;2*5-3(6,7)1-2(4(8,9)10)14(11,12)13;;;;;;/h4H,1-3H2,(H,14,15,16);1H2,(H,15,16,17);1-2H,(H,15,16,17);2H,1H2,(H,14,15,16);2*2H,1H2,(H,11,12,13);6*1H3/q;;;;;;6*+1/p-6. The zero-order chi connectivity index (χ0) is 81.9. The van der Waals surface area contributed by atoms with Crippen LogP contribution in [0.4, 0.5) is 193 Å². The summed E-state index contributed by atoms with van der Waals surface area (Å²) in [6.07, 6.45) is -92.4. The van der Waals surface area contributed by atoms with Gasteiger partial charge >= 0.3 is 91.9 Å². The van der Waals surface area contributed by atoms with Crippen LogP contribution in [0.15, 0.2) is 0 Å². The average Bonchev–Trinajstić information content (AvgIpc) is 3.27. The van der Waals surface area contributed by atoms with E-state index in [9.17, 15) is 271 Å². The van der Waals surface area contributed by atoms with Crippen molar-refractivity contribution in [3.8, 4) is 0 Å². The van der Waals surface area contributed by atoms with Gasteiger partial charge in [0.05, 0.1) is 19.3 Å². The number of hydrogen-bond acceptors (Lipinski definition) is 18. The Morgan fingerprint density at radius 1 is 0.327 bits per heavy atom. The van der Waals surface area contributed by atoms with E-state index in [1.165, 1.54) is 0 Å². The molecule has 5 atom stereocenters. The van der Waals surface area contributed by atoms with Crippen LogP contribution in [-0.4, -0.2) is 207 Å². The first kappa shape index (κ1) is 123. The molecule has 18 nitrogen and oxygen atoms in total. The fraction of sp³-hybridized carbons (Fsp3) is 0.833. The highest BCUT2D eigenvalue weighted by Gasteiger charge is 2.78. The summed E-state index contributed by atoms with van der Waals surface area (Å²) in [5, 5.41) is -20.9. The monoisotopic (exact) mass is 1790 g/mol. The van der Waals surface area contributed by atoms with Gasteiger partial charge in [0.25, 0.3) is 4.75 Å². The molecule has 5 unspecified atom stereocenters. The molecule has 1 aliphatic rings. The first-order valence-corrected chi connectivity index (χ1v) is 29.8. The van der Waals surface area contributed by atoms with Crippen molar-refractivity contribution in [2.45, 2.75) is 174 Å². The largest absolute Gasteiger partial charge is 0.748 e. The Morgan fingerprint density at radius 2 is 0.577 bits per heavy atom. The molecule has 1 aliphatic carbocycles. The van der Waals surface area contributed by atoms with Crippen LogP contribution >= 0.6 is 0 Å². The predicted octanol–water partition coefficient (Wildman–Crippen LogP) is 14.1. The lowest BCUT2D eigenvalue weighted by atomic mass is 10.0. The smallest absolute Gasteiger partial charge is 0.453 e. The SMILES string of the molecule is O=S(=O)([O-])C(C(C(F)(F)F)C(F)(F)F)C(F)(F)F.O=S(=O)([O-])C(CC(F)(F)C(F)(F)F)C(F)(F)F.O=S(=O)([O-])C(CC(F)(F)F)(C(F)(F)F)C(F)(F)F.O=S(=O)([O-])C(CC(F)(F)F)C(F)(F)F.O=S(=O)([O-])C(CC(F)(F)F)C(F)(F)F.O=S(=O)([O-])C1CC(F)(F)CCC(F)(F)C1(F)F.[CH3+].[CH3+].[CH3+].[CH3+].[CH3+].[CH3+]. The van der Waals surface area contributed by atoms with Crippen LogP contribution in [0.5, 0.6) is 0 Å². The van der Waals surface area contributed by atoms with Crippen molar-refractivity contribution in [3.63, 3.8) is 0 Å². The second-order valence-corrected chi connectivity index (χ2v) is 26.9. The Balaban J connectivity index is -0.000000110. The van der Waals surface area contributed by atoms with E-state index < -0.39 is 240 Å². The lowest BCUT2D eigenvalue weighted by molar-refractivity contribution is -0.306. The van der Waals surface area contributed by atoms with E-state index in [2.05, 4.69) is 0 Å². The van der Waals surface area contributed by atoms with Crippen molar-refractivity contribution in [2.75, 3.05) is 0 Å². The molecule has 0 radical (unpaired) electrons. The first-order chi connectivity index (χ1) is 41.0. The van der Waals surface area contributed by atoms with Gasteiger partial charge in [-0.2, -0.15) is 184 Å². The van der Waals surface area contributed by atoms with Gasteiger partial charge in [0.2, 0.25) is 5.92 Å². The minimum Gasteiger partial charge on any atom is -0.748 e. The summed E-state index contributed by atoms with van der Waals surface area (Å²) in [5.41, 5.74) is 0. The third kappa shape index (κ3) is 40.7. The van der Waals surface area contributed by atoms with Gasteiger partial charge in [0, 0.05) is 70.2 Å². The molecule has 0 aromatic rings. The molecule has 1 saturated carbocycles. The Labute approximate surface area is 555 Å². The zero-order valence-electron chi connectivity index (χ0n) is 49.3. The summed E-state index contributed by atoms with van der Waals surface area (Å²) in [6, 6.07) is 0. The fourth-order valence-electron chi connectivity index (χ4n) is 5.50. The van der Waals surface area contributed by atoms with Crippen molar-refractivity contribution < 1.29 is 271 Å². The highest BCUT2D eigenvalue weighted by Crippen LogP contribution is 2.55. The summed E-state index contributed by atoms with van der Waals surface area (Å²) >= 11 is 0. The molecule has 68 heteroatoms. The van der Waals surface area contributed by atoms with E-state index in [1.54, 1.807) is 0 Å². The summed E-state index contributed by atoms with van der Waals surface area (Å²) in [7, 11) is -38.7. The van der Waals surface area contributed by atoms with Gasteiger partial charge in [0.15, 0.2) is 26.9 Å². The number of alkyl halides is 44. The average molecular weight is 1790 g/mol. The highest BCUT2D eigenvalue weighted by molar-refractivity contribution is 7.88. The molecule has 0 aliphatic heterocycles. The minimum absolute atomic E-state index is 0. The van der Waals surface area contributed by atoms with E-state index in [-0.39, 0.29) is 44.6 Å². The Bertz CT molecular complexity index is 3170. The van der Waals surface area contributed by atoms with Gasteiger partial charge in [-0.25, -0.2) is 59.3 Å². The fourth-order valence-corrected chi connectivity index (χ4v) is 10.5. The lowest BCUT2D eigenvalue weighted by Crippen LogP contribution is -2.63. The molecule has 0 saturated heterocycles. The van der Waals surface area contributed by atoms with Crippen LogP contribution in [-0.2, 0) is 60.7 Å². The van der Waals surface area contributed by atoms with Gasteiger partial charge in [0.1, 0.15) is 66.0 Å². The van der Waals surface area contributed by atoms with Crippen molar-refractivity contribution in [1.29, 1.82) is 0 Å². The van der Waals surface area contributed by atoms with E-state index in [1.807, 2.05) is 0 Å². The summed E-state index contributed by atoms with van der Waals surface area (Å²) in [5.74, 6) is -25.5. The first-order valence-electron chi connectivity index (χ1n) is 21.0. The Kier molecular flexibility index (Phi) is 44.3. The second kappa shape index (κ2) is 37.3. The minimum atomic E-state index is -7.40. The van der Waals surface area contributed by atoms with Crippen LogP contribution in [0.1, 0.15) is 44.9 Å². The predicted molar refractivity (Wildman–Crippen MR) is 247 cm³/mol. The van der Waals surface area contributed by atoms with E-state index in [0.29, 0.717) is 0 Å². The number of hydrogen-bond donors (Lipinski definition) is 0. The van der Waals surface area contributed by atoms with E-state index >= 15 is 0 Å². The topological polar surface area (TPSA) is 343 Å². The van der Waals surface area contributed by atoms with Crippen LogP contribution in [0, 0.1) is 50.5 Å². The van der Waals surface area contributed by atoms with Crippen molar-refractivity contribution in [2.24, 2.45) is 5.92 Å². The number of rotatable bonds is 12. The molecule has 0 bridgehead atoms. The molecule has 0 aromatic carbocycles. The van der Waals surface area contributed by atoms with Gasteiger partial charge in [-0.05, 0) is 0 Å². The van der Waals surface area contributed by atoms with E-state index in [0.717, 1.165) is 0 Å². The normalized spacial score (nSPS) is 18.2. The van der Waals surface area contributed by atoms with Gasteiger partial charge in [-0.1, -0.05) is 0 Å². The zero-order valence-corrected chi connectivity index (χ0v) is 54.2. The van der Waals surface area contributed by atoms with Crippen molar-refractivity contribution in [3.05, 3.63) is 44.6 Å². The van der Waals surface area contributed by atoms with Crippen LogP contribution < -0.4 is 0 Å². The Hall–Kier alpha value is -4.40. The van der Waals surface area contributed by atoms with Crippen molar-refractivity contribution >= 4 is 60.7 Å². The molecular formula is C36H38F44O18S6. The van der Waals surface area contributed by atoms with Gasteiger partial charge in [-0.3, -0.25) is 0 Å². The maximum Gasteiger partial charge on any atom is 0.453 e. The molecule has 0 N–H and O–H groups in total. The van der Waals surface area contributed by atoms with Crippen LogP contribution in [0.25, 0.3) is 0 Å². The maximum absolute atomic E-state index is 13.1. The molecule has 1 fully saturated rings. The molecule has 0 heterocycles. The second-order valence-electron chi connectivity index (χ2n) is 17.6. The molecule has 1 rings (SSSR count). The number of halogens is 44. The third-order valence-electron chi connectivity index (χ3n) is 9.79. The molecule has 104 heavy (non-hydrogen) atoms. The van der Waals surface area contributed by atoms with E-state index in [4.69, 9.17) is 0 Å². The molecule has 634 valence electrons. The summed E-state index contributed by atoms with van der Waals surface area (Å²) < 4.78 is 701. The summed E-state index contributed by atoms with van der Waals surface area (Å²) in [6.45, 7) is 0. The quantitative estimate of drug-likeness (QED) is 0.0758. The molecule has 0 spiro atoms. The Morgan fingerprint density at radius 3 is 0.702 bits per heavy atom. The highest BCUT2D eigenvalue weighted by atomic mass is 32.2. The van der Waals surface area contributed by atoms with Gasteiger partial charge in [-0.15, -0.1) is 0 Å². The van der Waals surface area contributed by atoms with Crippen molar-refractivity contribution in [1.82, 2.24) is 0 Å². The van der Waals surface area contributed by atoms with Crippen LogP contribution in [0.2, 0.25) is 0 Å².